The van der Waals surface area contributed by atoms with Crippen LogP contribution in [0.3, 0.4) is 0 Å². The molecule has 2 heteroatoms. The molecule has 0 fully saturated rings. The number of methoxy groups -OCH3 is 1. The van der Waals surface area contributed by atoms with E-state index in [1.165, 1.54) is 0 Å². The van der Waals surface area contributed by atoms with Crippen molar-refractivity contribution < 1.29 is 4.74 Å². The first kappa shape index (κ1) is 12.2. The smallest absolute Gasteiger partial charge is 0.0871 e. The minimum Gasteiger partial charge on any atom is -0.374 e. The van der Waals surface area contributed by atoms with Gasteiger partial charge in [-0.1, -0.05) is 24.3 Å². The van der Waals surface area contributed by atoms with Gasteiger partial charge >= 0.3 is 0 Å². The van der Waals surface area contributed by atoms with Crippen molar-refractivity contribution >= 4 is 0 Å². The lowest BCUT2D eigenvalue weighted by atomic mass is 9.91. The zero-order valence-corrected chi connectivity index (χ0v) is 10.3. The molecule has 1 aromatic rings. The van der Waals surface area contributed by atoms with Gasteiger partial charge in [0.1, 0.15) is 0 Å². The molecule has 0 heterocycles. The summed E-state index contributed by atoms with van der Waals surface area (Å²) in [7, 11) is 1.72. The van der Waals surface area contributed by atoms with Crippen LogP contribution in [-0.4, -0.2) is 7.11 Å². The third-order valence-electron chi connectivity index (χ3n) is 2.83. The van der Waals surface area contributed by atoms with Crippen molar-refractivity contribution in [2.24, 2.45) is 5.73 Å². The number of hydrogen-bond acceptors (Lipinski definition) is 2. The number of hydrogen-bond donors (Lipinski definition) is 1. The number of benzene rings is 1. The molecule has 0 aliphatic carbocycles. The molecule has 0 atom stereocenters. The van der Waals surface area contributed by atoms with Crippen LogP contribution in [0, 0.1) is 0 Å². The van der Waals surface area contributed by atoms with Crippen molar-refractivity contribution in [3.8, 4) is 0 Å². The van der Waals surface area contributed by atoms with E-state index >= 15 is 0 Å². The standard InChI is InChI=1S/C13H21NO/c1-12(2,14)10-6-8-11(9-7-10)13(3,4)15-5/h6-9H,14H2,1-5H3. The maximum absolute atomic E-state index is 6.02. The maximum Gasteiger partial charge on any atom is 0.0871 e. The first-order chi connectivity index (χ1) is 6.77. The second-order valence-electron chi connectivity index (χ2n) is 5.01. The molecule has 0 saturated carbocycles. The molecule has 15 heavy (non-hydrogen) atoms. The lowest BCUT2D eigenvalue weighted by Crippen LogP contribution is -2.28. The molecule has 0 amide bonds. The SMILES string of the molecule is COC(C)(C)c1ccc(C(C)(C)N)cc1. The van der Waals surface area contributed by atoms with Gasteiger partial charge in [-0.15, -0.1) is 0 Å². The summed E-state index contributed by atoms with van der Waals surface area (Å²) in [5.74, 6) is 0. The summed E-state index contributed by atoms with van der Waals surface area (Å²) in [4.78, 5) is 0. The first-order valence-electron chi connectivity index (χ1n) is 5.22. The van der Waals surface area contributed by atoms with E-state index in [1.807, 2.05) is 13.8 Å². The van der Waals surface area contributed by atoms with Crippen LogP contribution in [0.2, 0.25) is 0 Å². The fraction of sp³-hybridized carbons (Fsp3) is 0.538. The third kappa shape index (κ3) is 2.80. The van der Waals surface area contributed by atoms with Crippen molar-refractivity contribution in [1.29, 1.82) is 0 Å². The summed E-state index contributed by atoms with van der Waals surface area (Å²) in [6, 6.07) is 8.28. The Morgan fingerprint density at radius 3 is 1.67 bits per heavy atom. The monoisotopic (exact) mass is 207 g/mol. The van der Waals surface area contributed by atoms with Gasteiger partial charge in [0.05, 0.1) is 5.60 Å². The molecular formula is C13H21NO. The van der Waals surface area contributed by atoms with Crippen LogP contribution in [0.15, 0.2) is 24.3 Å². The molecule has 0 aliphatic rings. The van der Waals surface area contributed by atoms with Crippen molar-refractivity contribution in [2.75, 3.05) is 7.11 Å². The molecule has 2 nitrogen and oxygen atoms in total. The van der Waals surface area contributed by atoms with E-state index < -0.39 is 0 Å². The van der Waals surface area contributed by atoms with E-state index in [9.17, 15) is 0 Å². The highest BCUT2D eigenvalue weighted by atomic mass is 16.5. The molecule has 0 aromatic heterocycles. The van der Waals surface area contributed by atoms with Crippen LogP contribution in [0.4, 0.5) is 0 Å². The highest BCUT2D eigenvalue weighted by molar-refractivity contribution is 5.30. The molecule has 0 bridgehead atoms. The van der Waals surface area contributed by atoms with Gasteiger partial charge in [-0.3, -0.25) is 0 Å². The maximum atomic E-state index is 6.02. The minimum atomic E-state index is -0.282. The normalized spacial score (nSPS) is 12.9. The van der Waals surface area contributed by atoms with Crippen LogP contribution in [-0.2, 0) is 15.9 Å². The largest absolute Gasteiger partial charge is 0.374 e. The van der Waals surface area contributed by atoms with Crippen LogP contribution in [0.25, 0.3) is 0 Å². The van der Waals surface area contributed by atoms with Crippen LogP contribution >= 0.6 is 0 Å². The molecule has 2 N–H and O–H groups in total. The molecule has 0 spiro atoms. The van der Waals surface area contributed by atoms with Gasteiger partial charge in [-0.2, -0.15) is 0 Å². The van der Waals surface area contributed by atoms with Gasteiger partial charge in [0, 0.05) is 12.6 Å². The summed E-state index contributed by atoms with van der Waals surface area (Å²) in [6.45, 7) is 8.11. The highest BCUT2D eigenvalue weighted by Crippen LogP contribution is 2.25. The van der Waals surface area contributed by atoms with Crippen molar-refractivity contribution in [3.63, 3.8) is 0 Å². The van der Waals surface area contributed by atoms with Gasteiger partial charge in [0.2, 0.25) is 0 Å². The molecule has 1 aromatic carbocycles. The van der Waals surface area contributed by atoms with Crippen molar-refractivity contribution in [2.45, 2.75) is 38.8 Å². The van der Waals surface area contributed by atoms with Gasteiger partial charge in [-0.05, 0) is 38.8 Å². The zero-order valence-electron chi connectivity index (χ0n) is 10.3. The van der Waals surface area contributed by atoms with Crippen LogP contribution < -0.4 is 5.73 Å². The first-order valence-corrected chi connectivity index (χ1v) is 5.22. The topological polar surface area (TPSA) is 35.2 Å². The zero-order chi connectivity index (χ0) is 11.7. The summed E-state index contributed by atoms with van der Waals surface area (Å²) in [6.07, 6.45) is 0. The molecule has 1 rings (SSSR count). The molecule has 84 valence electrons. The average molecular weight is 207 g/mol. The van der Waals surface area contributed by atoms with E-state index in [4.69, 9.17) is 10.5 Å². The summed E-state index contributed by atoms with van der Waals surface area (Å²) in [5, 5.41) is 0. The minimum absolute atomic E-state index is 0.239. The molecule has 0 unspecified atom stereocenters. The number of ether oxygens (including phenoxy) is 1. The third-order valence-corrected chi connectivity index (χ3v) is 2.83. The Bertz CT molecular complexity index is 319. The van der Waals surface area contributed by atoms with Crippen molar-refractivity contribution in [3.05, 3.63) is 35.4 Å². The predicted molar refractivity (Wildman–Crippen MR) is 63.7 cm³/mol. The van der Waals surface area contributed by atoms with Gasteiger partial charge in [0.15, 0.2) is 0 Å². The molecule has 0 radical (unpaired) electrons. The van der Waals surface area contributed by atoms with E-state index in [-0.39, 0.29) is 11.1 Å². The second kappa shape index (κ2) is 3.95. The Morgan fingerprint density at radius 1 is 0.933 bits per heavy atom. The fourth-order valence-electron chi connectivity index (χ4n) is 1.42. The highest BCUT2D eigenvalue weighted by Gasteiger charge is 2.20. The van der Waals surface area contributed by atoms with Gasteiger partial charge in [0.25, 0.3) is 0 Å². The predicted octanol–water partition coefficient (Wildman–Crippen LogP) is 2.76. The van der Waals surface area contributed by atoms with Crippen LogP contribution in [0.1, 0.15) is 38.8 Å². The Labute approximate surface area is 92.4 Å². The summed E-state index contributed by atoms with van der Waals surface area (Å²) in [5.41, 5.74) is 7.80. The van der Waals surface area contributed by atoms with Gasteiger partial charge < -0.3 is 10.5 Å². The summed E-state index contributed by atoms with van der Waals surface area (Å²) >= 11 is 0. The lowest BCUT2D eigenvalue weighted by Gasteiger charge is -2.25. The van der Waals surface area contributed by atoms with E-state index in [0.29, 0.717) is 0 Å². The van der Waals surface area contributed by atoms with E-state index in [0.717, 1.165) is 11.1 Å². The summed E-state index contributed by atoms with van der Waals surface area (Å²) < 4.78 is 5.42. The van der Waals surface area contributed by atoms with E-state index in [2.05, 4.69) is 38.1 Å². The number of rotatable bonds is 3. The fourth-order valence-corrected chi connectivity index (χ4v) is 1.42. The Kier molecular flexibility index (Phi) is 3.22. The lowest BCUT2D eigenvalue weighted by molar-refractivity contribution is 0.0192. The van der Waals surface area contributed by atoms with E-state index in [1.54, 1.807) is 7.11 Å². The number of nitrogens with two attached hydrogens (primary N) is 1. The van der Waals surface area contributed by atoms with Gasteiger partial charge in [-0.25, -0.2) is 0 Å². The molecule has 0 saturated heterocycles. The Hall–Kier alpha value is -0.860. The van der Waals surface area contributed by atoms with Crippen LogP contribution in [0.5, 0.6) is 0 Å². The quantitative estimate of drug-likeness (QED) is 0.827. The molecule has 0 aliphatic heterocycles. The molecular weight excluding hydrogens is 186 g/mol. The Morgan fingerprint density at radius 2 is 1.33 bits per heavy atom. The van der Waals surface area contributed by atoms with Crippen molar-refractivity contribution in [1.82, 2.24) is 0 Å². The average Bonchev–Trinajstić information content (AvgIpc) is 2.17. The Balaban J connectivity index is 3.01. The second-order valence-corrected chi connectivity index (χ2v) is 5.01.